The average Bonchev–Trinajstić information content (AvgIpc) is 2.70. The molecule has 0 radical (unpaired) electrons. The van der Waals surface area contributed by atoms with E-state index >= 15 is 0 Å². The predicted octanol–water partition coefficient (Wildman–Crippen LogP) is 4.49. The summed E-state index contributed by atoms with van der Waals surface area (Å²) in [7, 11) is 0. The molecule has 0 fully saturated rings. The lowest BCUT2D eigenvalue weighted by Crippen LogP contribution is -2.15. The van der Waals surface area contributed by atoms with Crippen molar-refractivity contribution in [3.63, 3.8) is 0 Å². The molecule has 5 heteroatoms. The first-order valence-electron chi connectivity index (χ1n) is 8.99. The van der Waals surface area contributed by atoms with Crippen LogP contribution in [0.3, 0.4) is 0 Å². The molecule has 0 atom stereocenters. The molecule has 4 nitrogen and oxygen atoms in total. The first kappa shape index (κ1) is 18.9. The van der Waals surface area contributed by atoms with Gasteiger partial charge in [-0.1, -0.05) is 36.4 Å². The minimum Gasteiger partial charge on any atom is -0.490 e. The smallest absolute Gasteiger partial charge is 0.166 e. The fourth-order valence-corrected chi connectivity index (χ4v) is 2.73. The topological polar surface area (TPSA) is 43.4 Å². The van der Waals surface area contributed by atoms with Crippen molar-refractivity contribution >= 4 is 0 Å². The highest BCUT2D eigenvalue weighted by molar-refractivity contribution is 5.46. The largest absolute Gasteiger partial charge is 0.490 e. The molecule has 1 aromatic heterocycles. The zero-order valence-electron chi connectivity index (χ0n) is 15.3. The standard InChI is InChI=1S/C22H23FN2O2/c1-2-26-21-12-7-9-17(14-24-15-19-10-5-6-13-25-19)22(21)27-16-18-8-3-4-11-20(18)23/h3-13,24H,2,14-16H2,1H3. The van der Waals surface area contributed by atoms with Gasteiger partial charge in [-0.05, 0) is 31.2 Å². The van der Waals surface area contributed by atoms with E-state index in [9.17, 15) is 4.39 Å². The van der Waals surface area contributed by atoms with E-state index in [1.165, 1.54) is 6.07 Å². The van der Waals surface area contributed by atoms with Crippen LogP contribution in [0.4, 0.5) is 4.39 Å². The minimum atomic E-state index is -0.277. The Labute approximate surface area is 159 Å². The molecule has 0 bridgehead atoms. The van der Waals surface area contributed by atoms with Gasteiger partial charge in [-0.25, -0.2) is 4.39 Å². The lowest BCUT2D eigenvalue weighted by atomic mass is 10.1. The Morgan fingerprint density at radius 1 is 0.889 bits per heavy atom. The van der Waals surface area contributed by atoms with Gasteiger partial charge in [0, 0.05) is 30.4 Å². The summed E-state index contributed by atoms with van der Waals surface area (Å²) >= 11 is 0. The van der Waals surface area contributed by atoms with Crippen molar-refractivity contribution in [1.82, 2.24) is 10.3 Å². The van der Waals surface area contributed by atoms with Gasteiger partial charge in [0.1, 0.15) is 12.4 Å². The number of hydrogen-bond donors (Lipinski definition) is 1. The molecule has 2 aromatic carbocycles. The van der Waals surface area contributed by atoms with Crippen molar-refractivity contribution in [3.05, 3.63) is 89.5 Å². The van der Waals surface area contributed by atoms with E-state index in [1.807, 2.05) is 43.3 Å². The van der Waals surface area contributed by atoms with E-state index in [0.717, 1.165) is 11.3 Å². The highest BCUT2D eigenvalue weighted by Crippen LogP contribution is 2.32. The van der Waals surface area contributed by atoms with E-state index in [2.05, 4.69) is 10.3 Å². The first-order chi connectivity index (χ1) is 13.3. The van der Waals surface area contributed by atoms with Crippen LogP contribution in [0.25, 0.3) is 0 Å². The van der Waals surface area contributed by atoms with E-state index in [1.54, 1.807) is 24.4 Å². The van der Waals surface area contributed by atoms with E-state index in [-0.39, 0.29) is 12.4 Å². The zero-order chi connectivity index (χ0) is 18.9. The van der Waals surface area contributed by atoms with Crippen molar-refractivity contribution in [3.8, 4) is 11.5 Å². The molecule has 0 spiro atoms. The van der Waals surface area contributed by atoms with Crippen LogP contribution in [-0.4, -0.2) is 11.6 Å². The first-order valence-corrected chi connectivity index (χ1v) is 8.99. The summed E-state index contributed by atoms with van der Waals surface area (Å²) in [5.41, 5.74) is 2.43. The molecular formula is C22H23FN2O2. The van der Waals surface area contributed by atoms with Gasteiger partial charge in [0.2, 0.25) is 0 Å². The summed E-state index contributed by atoms with van der Waals surface area (Å²) in [5, 5.41) is 3.37. The van der Waals surface area contributed by atoms with Gasteiger partial charge in [0.05, 0.1) is 12.3 Å². The Hall–Kier alpha value is -2.92. The number of hydrogen-bond acceptors (Lipinski definition) is 4. The van der Waals surface area contributed by atoms with Crippen LogP contribution in [0, 0.1) is 5.82 Å². The van der Waals surface area contributed by atoms with Crippen LogP contribution in [0.1, 0.15) is 23.7 Å². The molecule has 0 aliphatic carbocycles. The molecule has 140 valence electrons. The zero-order valence-corrected chi connectivity index (χ0v) is 15.3. The van der Waals surface area contributed by atoms with Crippen LogP contribution >= 0.6 is 0 Å². The van der Waals surface area contributed by atoms with Gasteiger partial charge in [-0.15, -0.1) is 0 Å². The fourth-order valence-electron chi connectivity index (χ4n) is 2.73. The Bertz CT molecular complexity index is 856. The van der Waals surface area contributed by atoms with E-state index < -0.39 is 0 Å². The average molecular weight is 366 g/mol. The summed E-state index contributed by atoms with van der Waals surface area (Å²) in [4.78, 5) is 4.30. The fraction of sp³-hybridized carbons (Fsp3) is 0.227. The Morgan fingerprint density at radius 3 is 2.48 bits per heavy atom. The molecular weight excluding hydrogens is 343 g/mol. The molecule has 1 heterocycles. The molecule has 0 saturated carbocycles. The van der Waals surface area contributed by atoms with Crippen LogP contribution < -0.4 is 14.8 Å². The SMILES string of the molecule is CCOc1cccc(CNCc2ccccn2)c1OCc1ccccc1F. The third-order valence-corrected chi connectivity index (χ3v) is 4.04. The summed E-state index contributed by atoms with van der Waals surface area (Å²) < 4.78 is 25.6. The van der Waals surface area contributed by atoms with Crippen LogP contribution in [0.5, 0.6) is 11.5 Å². The van der Waals surface area contributed by atoms with Crippen LogP contribution in [0.2, 0.25) is 0 Å². The third kappa shape index (κ3) is 5.28. The number of nitrogens with one attached hydrogen (secondary N) is 1. The normalized spacial score (nSPS) is 10.6. The van der Waals surface area contributed by atoms with Gasteiger partial charge in [0.15, 0.2) is 11.5 Å². The number of rotatable bonds is 9. The molecule has 0 unspecified atom stereocenters. The molecule has 1 N–H and O–H groups in total. The van der Waals surface area contributed by atoms with E-state index in [0.29, 0.717) is 36.8 Å². The Morgan fingerprint density at radius 2 is 1.70 bits per heavy atom. The molecule has 0 aliphatic heterocycles. The highest BCUT2D eigenvalue weighted by atomic mass is 19.1. The van der Waals surface area contributed by atoms with Crippen molar-refractivity contribution < 1.29 is 13.9 Å². The Kier molecular flexibility index (Phi) is 6.77. The third-order valence-electron chi connectivity index (χ3n) is 4.04. The molecule has 0 saturated heterocycles. The lowest BCUT2D eigenvalue weighted by molar-refractivity contribution is 0.262. The van der Waals surface area contributed by atoms with Gasteiger partial charge in [-0.2, -0.15) is 0 Å². The molecule has 0 aliphatic rings. The van der Waals surface area contributed by atoms with Gasteiger partial charge >= 0.3 is 0 Å². The molecule has 3 rings (SSSR count). The second-order valence-electron chi connectivity index (χ2n) is 5.98. The van der Waals surface area contributed by atoms with Crippen molar-refractivity contribution in [2.75, 3.05) is 6.61 Å². The Balaban J connectivity index is 1.72. The van der Waals surface area contributed by atoms with Gasteiger partial charge in [0.25, 0.3) is 0 Å². The maximum atomic E-state index is 13.9. The number of para-hydroxylation sites is 1. The quantitative estimate of drug-likeness (QED) is 0.606. The number of aromatic nitrogens is 1. The molecule has 3 aromatic rings. The number of nitrogens with zero attached hydrogens (tertiary/aromatic N) is 1. The number of benzene rings is 2. The minimum absolute atomic E-state index is 0.143. The maximum absolute atomic E-state index is 13.9. The van der Waals surface area contributed by atoms with Crippen molar-refractivity contribution in [1.29, 1.82) is 0 Å². The van der Waals surface area contributed by atoms with Crippen molar-refractivity contribution in [2.45, 2.75) is 26.6 Å². The summed E-state index contributed by atoms with van der Waals surface area (Å²) in [5.74, 6) is 1.02. The monoisotopic (exact) mass is 366 g/mol. The second-order valence-corrected chi connectivity index (χ2v) is 5.98. The maximum Gasteiger partial charge on any atom is 0.166 e. The number of pyridine rings is 1. The van der Waals surface area contributed by atoms with Crippen LogP contribution in [0.15, 0.2) is 66.9 Å². The second kappa shape index (κ2) is 9.69. The summed E-state index contributed by atoms with van der Waals surface area (Å²) in [6.45, 7) is 3.83. The van der Waals surface area contributed by atoms with Crippen molar-refractivity contribution in [2.24, 2.45) is 0 Å². The van der Waals surface area contributed by atoms with Gasteiger partial charge in [-0.3, -0.25) is 4.98 Å². The lowest BCUT2D eigenvalue weighted by Gasteiger charge is -2.16. The summed E-state index contributed by atoms with van der Waals surface area (Å²) in [6, 6.07) is 18.2. The summed E-state index contributed by atoms with van der Waals surface area (Å²) in [6.07, 6.45) is 1.77. The molecule has 0 amide bonds. The predicted molar refractivity (Wildman–Crippen MR) is 103 cm³/mol. The molecule has 27 heavy (non-hydrogen) atoms. The number of halogens is 1. The van der Waals surface area contributed by atoms with Gasteiger partial charge < -0.3 is 14.8 Å². The highest BCUT2D eigenvalue weighted by Gasteiger charge is 2.12. The number of ether oxygens (including phenoxy) is 2. The van der Waals surface area contributed by atoms with Crippen LogP contribution in [-0.2, 0) is 19.7 Å². The van der Waals surface area contributed by atoms with E-state index in [4.69, 9.17) is 9.47 Å².